The first kappa shape index (κ1) is 11.2. The molecule has 1 rings (SSSR count). The Morgan fingerprint density at radius 2 is 1.83 bits per heavy atom. The monoisotopic (exact) mass is 259 g/mol. The van der Waals surface area contributed by atoms with Gasteiger partial charge in [-0.2, -0.15) is 0 Å². The predicted octanol–water partition coefficient (Wildman–Crippen LogP) is 1.39. The van der Waals surface area contributed by atoms with Crippen molar-refractivity contribution in [3.05, 3.63) is 29.8 Å². The molecule has 3 nitrogen and oxygen atoms in total. The minimum atomic E-state index is -0.923. The fourth-order valence-electron chi connectivity index (χ4n) is 0.734. The summed E-state index contributed by atoms with van der Waals surface area (Å²) in [6.45, 7) is 0. The van der Waals surface area contributed by atoms with Crippen LogP contribution in [-0.4, -0.2) is 18.2 Å². The Hall–Kier alpha value is -0.770. The zero-order chi connectivity index (χ0) is 8.27. The average molecular weight is 260 g/mol. The van der Waals surface area contributed by atoms with Crippen molar-refractivity contribution in [3.8, 4) is 5.75 Å². The van der Waals surface area contributed by atoms with E-state index in [4.69, 9.17) is 9.84 Å². The van der Waals surface area contributed by atoms with Gasteiger partial charge in [-0.3, -0.25) is 0 Å². The van der Waals surface area contributed by atoms with E-state index in [-0.39, 0.29) is 27.9 Å². The molecule has 0 aliphatic carbocycles. The van der Waals surface area contributed by atoms with Gasteiger partial charge in [0.25, 0.3) is 0 Å². The van der Waals surface area contributed by atoms with Crippen LogP contribution in [0.15, 0.2) is 24.3 Å². The molecule has 12 heavy (non-hydrogen) atoms. The van der Waals surface area contributed by atoms with E-state index in [1.807, 2.05) is 0 Å². The third kappa shape index (κ3) is 2.70. The zero-order valence-corrected chi connectivity index (χ0v) is 7.86. The summed E-state index contributed by atoms with van der Waals surface area (Å²) >= 11 is 0. The molecule has 0 saturated heterocycles. The quantitative estimate of drug-likeness (QED) is 0.817. The van der Waals surface area contributed by atoms with E-state index >= 15 is 0 Å². The number of carboxylic acids is 1. The summed E-state index contributed by atoms with van der Waals surface area (Å²) in [5.41, 5.74) is 0.269. The van der Waals surface area contributed by atoms with Gasteiger partial charge in [0.05, 0.1) is 12.7 Å². The number of rotatable bonds is 2. The third-order valence-electron chi connectivity index (χ3n) is 1.34. The first-order valence-corrected chi connectivity index (χ1v) is 3.11. The molecular formula is C8H8AgO3. The molecule has 0 aromatic heterocycles. The molecule has 0 spiro atoms. The van der Waals surface area contributed by atoms with Crippen LogP contribution in [0.25, 0.3) is 0 Å². The van der Waals surface area contributed by atoms with Crippen molar-refractivity contribution in [2.45, 2.75) is 0 Å². The Bertz CT molecular complexity index is 256. The summed E-state index contributed by atoms with van der Waals surface area (Å²) in [6, 6.07) is 6.23. The van der Waals surface area contributed by atoms with Gasteiger partial charge in [0.2, 0.25) is 0 Å². The first-order chi connectivity index (χ1) is 5.24. The van der Waals surface area contributed by atoms with Crippen LogP contribution < -0.4 is 4.74 Å². The van der Waals surface area contributed by atoms with Gasteiger partial charge in [-0.25, -0.2) is 4.79 Å². The molecule has 0 aliphatic rings. The van der Waals surface area contributed by atoms with Crippen molar-refractivity contribution in [2.75, 3.05) is 7.11 Å². The average Bonchev–Trinajstić information content (AvgIpc) is 2.05. The molecule has 69 valence electrons. The maximum absolute atomic E-state index is 10.4. The molecule has 0 heterocycles. The van der Waals surface area contributed by atoms with Crippen LogP contribution in [0, 0.1) is 0 Å². The van der Waals surface area contributed by atoms with E-state index < -0.39 is 5.97 Å². The van der Waals surface area contributed by atoms with Gasteiger partial charge in [-0.05, 0) is 24.3 Å². The minimum absolute atomic E-state index is 0. The largest absolute Gasteiger partial charge is 0.497 e. The molecule has 0 bridgehead atoms. The van der Waals surface area contributed by atoms with Crippen molar-refractivity contribution in [2.24, 2.45) is 0 Å². The van der Waals surface area contributed by atoms with E-state index in [0.29, 0.717) is 5.75 Å². The smallest absolute Gasteiger partial charge is 0.335 e. The van der Waals surface area contributed by atoms with Gasteiger partial charge in [-0.1, -0.05) is 0 Å². The normalized spacial score (nSPS) is 8.42. The van der Waals surface area contributed by atoms with Crippen LogP contribution in [0.3, 0.4) is 0 Å². The molecule has 1 aromatic rings. The Morgan fingerprint density at radius 3 is 2.17 bits per heavy atom. The molecule has 0 fully saturated rings. The number of carboxylic acid groups (broad SMARTS) is 1. The maximum Gasteiger partial charge on any atom is 0.335 e. The van der Waals surface area contributed by atoms with Crippen LogP contribution in [0.5, 0.6) is 5.75 Å². The van der Waals surface area contributed by atoms with Crippen molar-refractivity contribution < 1.29 is 37.0 Å². The van der Waals surface area contributed by atoms with Gasteiger partial charge in [0.1, 0.15) is 5.75 Å². The molecule has 4 heteroatoms. The summed E-state index contributed by atoms with van der Waals surface area (Å²) in [5, 5.41) is 8.51. The van der Waals surface area contributed by atoms with Crippen molar-refractivity contribution in [3.63, 3.8) is 0 Å². The topological polar surface area (TPSA) is 46.5 Å². The van der Waals surface area contributed by atoms with Gasteiger partial charge in [0, 0.05) is 22.4 Å². The van der Waals surface area contributed by atoms with Gasteiger partial charge >= 0.3 is 5.97 Å². The van der Waals surface area contributed by atoms with Crippen LogP contribution in [0.4, 0.5) is 0 Å². The second-order valence-electron chi connectivity index (χ2n) is 2.03. The Labute approximate surface area is 85.9 Å². The molecular weight excluding hydrogens is 252 g/mol. The van der Waals surface area contributed by atoms with E-state index in [2.05, 4.69) is 0 Å². The second-order valence-corrected chi connectivity index (χ2v) is 2.03. The Kier molecular flexibility index (Phi) is 4.66. The Morgan fingerprint density at radius 1 is 1.33 bits per heavy atom. The van der Waals surface area contributed by atoms with Crippen molar-refractivity contribution in [1.29, 1.82) is 0 Å². The molecule has 1 N–H and O–H groups in total. The van der Waals surface area contributed by atoms with Crippen LogP contribution in [0.2, 0.25) is 0 Å². The zero-order valence-electron chi connectivity index (χ0n) is 6.37. The van der Waals surface area contributed by atoms with E-state index in [1.54, 1.807) is 12.1 Å². The number of methoxy groups -OCH3 is 1. The van der Waals surface area contributed by atoms with Crippen molar-refractivity contribution in [1.82, 2.24) is 0 Å². The predicted molar refractivity (Wildman–Crippen MR) is 40.0 cm³/mol. The molecule has 0 unspecified atom stereocenters. The summed E-state index contributed by atoms with van der Waals surface area (Å²) in [7, 11) is 1.54. The fourth-order valence-corrected chi connectivity index (χ4v) is 0.734. The van der Waals surface area contributed by atoms with E-state index in [1.165, 1.54) is 19.2 Å². The second kappa shape index (κ2) is 4.98. The first-order valence-electron chi connectivity index (χ1n) is 3.11. The molecule has 0 amide bonds. The van der Waals surface area contributed by atoms with Crippen LogP contribution in [0.1, 0.15) is 10.4 Å². The molecule has 1 aromatic carbocycles. The van der Waals surface area contributed by atoms with Crippen LogP contribution in [-0.2, 0) is 22.4 Å². The summed E-state index contributed by atoms with van der Waals surface area (Å²) < 4.78 is 4.86. The number of hydrogen-bond donors (Lipinski definition) is 1. The number of carbonyl (C=O) groups is 1. The fraction of sp³-hybridized carbons (Fsp3) is 0.125. The molecule has 0 aliphatic heterocycles. The van der Waals surface area contributed by atoms with Gasteiger partial charge < -0.3 is 9.84 Å². The Balaban J connectivity index is 0.00000121. The summed E-state index contributed by atoms with van der Waals surface area (Å²) in [5.74, 6) is -0.261. The van der Waals surface area contributed by atoms with Gasteiger partial charge in [-0.15, -0.1) is 0 Å². The minimum Gasteiger partial charge on any atom is -0.497 e. The van der Waals surface area contributed by atoms with E-state index in [9.17, 15) is 4.79 Å². The number of aromatic carboxylic acids is 1. The molecule has 0 atom stereocenters. The number of ether oxygens (including phenoxy) is 1. The molecule has 0 saturated carbocycles. The van der Waals surface area contributed by atoms with Crippen LogP contribution >= 0.6 is 0 Å². The maximum atomic E-state index is 10.4. The third-order valence-corrected chi connectivity index (χ3v) is 1.34. The summed E-state index contributed by atoms with van der Waals surface area (Å²) in [6.07, 6.45) is 0. The van der Waals surface area contributed by atoms with Crippen molar-refractivity contribution >= 4 is 5.97 Å². The standard InChI is InChI=1S/C8H8O3.Ag/c1-11-7-4-2-6(3-5-7)8(9)10;/h2-5H,1H3,(H,9,10);. The number of benzene rings is 1. The SMILES string of the molecule is COc1ccc(C(=O)O)cc1.[Ag]. The summed E-state index contributed by atoms with van der Waals surface area (Å²) in [4.78, 5) is 10.4. The molecule has 1 radical (unpaired) electrons. The van der Waals surface area contributed by atoms with E-state index in [0.717, 1.165) is 0 Å². The van der Waals surface area contributed by atoms with Gasteiger partial charge in [0.15, 0.2) is 0 Å². The number of hydrogen-bond acceptors (Lipinski definition) is 2.